The molecule has 0 aromatic heterocycles. The van der Waals surface area contributed by atoms with Crippen LogP contribution in [0.4, 0.5) is 0 Å². The SMILES string of the molecule is C[C@]1(CCN)C=NC=N1. The van der Waals surface area contributed by atoms with Crippen molar-refractivity contribution in [2.24, 2.45) is 15.7 Å². The van der Waals surface area contributed by atoms with Crippen molar-refractivity contribution < 1.29 is 0 Å². The molecule has 1 atom stereocenters. The summed E-state index contributed by atoms with van der Waals surface area (Å²) in [6.07, 6.45) is 4.29. The van der Waals surface area contributed by atoms with Crippen molar-refractivity contribution in [2.45, 2.75) is 18.9 Å². The molecule has 1 heterocycles. The van der Waals surface area contributed by atoms with Gasteiger partial charge < -0.3 is 5.73 Å². The lowest BCUT2D eigenvalue weighted by molar-refractivity contribution is 0.600. The molecule has 0 unspecified atom stereocenters. The van der Waals surface area contributed by atoms with E-state index in [0.717, 1.165) is 6.42 Å². The number of nitrogens with zero attached hydrogens (tertiary/aromatic N) is 2. The van der Waals surface area contributed by atoms with Gasteiger partial charge in [0.2, 0.25) is 0 Å². The van der Waals surface area contributed by atoms with Crippen molar-refractivity contribution in [3.8, 4) is 0 Å². The molecule has 1 rings (SSSR count). The van der Waals surface area contributed by atoms with Gasteiger partial charge in [-0.2, -0.15) is 0 Å². The predicted molar refractivity (Wildman–Crippen MR) is 39.1 cm³/mol. The molecule has 0 spiro atoms. The summed E-state index contributed by atoms with van der Waals surface area (Å²) in [6.45, 7) is 2.69. The van der Waals surface area contributed by atoms with Crippen LogP contribution in [0.1, 0.15) is 13.3 Å². The fourth-order valence-corrected chi connectivity index (χ4v) is 0.814. The maximum atomic E-state index is 5.36. The Hall–Kier alpha value is -0.700. The minimum absolute atomic E-state index is 0.102. The van der Waals surface area contributed by atoms with Crippen LogP contribution >= 0.6 is 0 Å². The van der Waals surface area contributed by atoms with E-state index < -0.39 is 0 Å². The Morgan fingerprint density at radius 3 is 2.89 bits per heavy atom. The zero-order chi connectivity index (χ0) is 6.74. The zero-order valence-electron chi connectivity index (χ0n) is 5.54. The van der Waals surface area contributed by atoms with E-state index in [-0.39, 0.29) is 5.54 Å². The highest BCUT2D eigenvalue weighted by molar-refractivity contribution is 5.85. The Morgan fingerprint density at radius 1 is 1.67 bits per heavy atom. The summed E-state index contributed by atoms with van der Waals surface area (Å²) in [7, 11) is 0. The van der Waals surface area contributed by atoms with Crippen molar-refractivity contribution in [2.75, 3.05) is 6.54 Å². The second-order valence-corrected chi connectivity index (χ2v) is 2.42. The highest BCUT2D eigenvalue weighted by Gasteiger charge is 2.20. The van der Waals surface area contributed by atoms with Gasteiger partial charge in [0.05, 0.1) is 5.54 Å². The van der Waals surface area contributed by atoms with Crippen LogP contribution in [0.5, 0.6) is 0 Å². The third-order valence-corrected chi connectivity index (χ3v) is 1.42. The van der Waals surface area contributed by atoms with Crippen LogP contribution in [0.2, 0.25) is 0 Å². The van der Waals surface area contributed by atoms with Gasteiger partial charge in [-0.3, -0.25) is 4.99 Å². The summed E-state index contributed by atoms with van der Waals surface area (Å²) >= 11 is 0. The van der Waals surface area contributed by atoms with E-state index in [0.29, 0.717) is 6.54 Å². The Labute approximate surface area is 54.7 Å². The van der Waals surface area contributed by atoms with Crippen LogP contribution in [0.15, 0.2) is 9.98 Å². The Balaban J connectivity index is 2.53. The maximum absolute atomic E-state index is 5.36. The molecule has 2 N–H and O–H groups in total. The molecular formula is C6H11N3. The quantitative estimate of drug-likeness (QED) is 0.563. The van der Waals surface area contributed by atoms with Crippen LogP contribution in [-0.2, 0) is 0 Å². The average molecular weight is 125 g/mol. The van der Waals surface area contributed by atoms with Crippen LogP contribution in [0.25, 0.3) is 0 Å². The molecule has 1 aliphatic heterocycles. The van der Waals surface area contributed by atoms with E-state index in [9.17, 15) is 0 Å². The summed E-state index contributed by atoms with van der Waals surface area (Å²) < 4.78 is 0. The molecule has 3 nitrogen and oxygen atoms in total. The van der Waals surface area contributed by atoms with Gasteiger partial charge in [-0.05, 0) is 19.9 Å². The smallest absolute Gasteiger partial charge is 0.110 e. The van der Waals surface area contributed by atoms with Crippen molar-refractivity contribution in [3.05, 3.63) is 0 Å². The van der Waals surface area contributed by atoms with Gasteiger partial charge in [0, 0.05) is 6.21 Å². The van der Waals surface area contributed by atoms with Gasteiger partial charge in [0.15, 0.2) is 0 Å². The summed E-state index contributed by atoms with van der Waals surface area (Å²) in [6, 6.07) is 0. The molecule has 3 heteroatoms. The normalized spacial score (nSPS) is 31.8. The first-order chi connectivity index (χ1) is 4.27. The lowest BCUT2D eigenvalue weighted by Gasteiger charge is -2.13. The second-order valence-electron chi connectivity index (χ2n) is 2.42. The standard InChI is InChI=1S/C6H11N3/c1-6(2-3-7)4-8-5-9-6/h4-5H,2-3,7H2,1H3/t6-/m0/s1. The lowest BCUT2D eigenvalue weighted by atomic mass is 10.0. The third kappa shape index (κ3) is 1.36. The van der Waals surface area contributed by atoms with Crippen LogP contribution in [-0.4, -0.2) is 24.6 Å². The fraction of sp³-hybridized carbons (Fsp3) is 0.667. The molecular weight excluding hydrogens is 114 g/mol. The van der Waals surface area contributed by atoms with Gasteiger partial charge in [-0.25, -0.2) is 4.99 Å². The van der Waals surface area contributed by atoms with Crippen LogP contribution in [0.3, 0.4) is 0 Å². The molecule has 0 saturated heterocycles. The summed E-state index contributed by atoms with van der Waals surface area (Å²) in [5.41, 5.74) is 5.26. The van der Waals surface area contributed by atoms with Crippen molar-refractivity contribution >= 4 is 12.6 Å². The van der Waals surface area contributed by atoms with Gasteiger partial charge in [0.25, 0.3) is 0 Å². The molecule has 0 bridgehead atoms. The fourth-order valence-electron chi connectivity index (χ4n) is 0.814. The van der Waals surface area contributed by atoms with E-state index in [1.54, 1.807) is 6.34 Å². The van der Waals surface area contributed by atoms with Gasteiger partial charge in [-0.15, -0.1) is 0 Å². The molecule has 0 aromatic rings. The molecule has 0 aromatic carbocycles. The largest absolute Gasteiger partial charge is 0.330 e. The summed E-state index contributed by atoms with van der Waals surface area (Å²) in [4.78, 5) is 8.01. The van der Waals surface area contributed by atoms with Crippen LogP contribution in [0, 0.1) is 0 Å². The summed E-state index contributed by atoms with van der Waals surface area (Å²) in [5.74, 6) is 0. The number of nitrogens with two attached hydrogens (primary N) is 1. The molecule has 1 aliphatic rings. The molecule has 0 fully saturated rings. The molecule has 50 valence electrons. The lowest BCUT2D eigenvalue weighted by Crippen LogP contribution is -2.25. The number of aliphatic imine (C=N–C) groups is 2. The van der Waals surface area contributed by atoms with Crippen molar-refractivity contribution in [1.82, 2.24) is 0 Å². The number of hydrogen-bond acceptors (Lipinski definition) is 3. The van der Waals surface area contributed by atoms with Crippen molar-refractivity contribution in [1.29, 1.82) is 0 Å². The molecule has 9 heavy (non-hydrogen) atoms. The third-order valence-electron chi connectivity index (χ3n) is 1.42. The molecule has 0 radical (unpaired) electrons. The van der Waals surface area contributed by atoms with E-state index >= 15 is 0 Å². The average Bonchev–Trinajstić information content (AvgIpc) is 2.16. The minimum atomic E-state index is -0.102. The predicted octanol–water partition coefficient (Wildman–Crippen LogP) is 0.207. The summed E-state index contributed by atoms with van der Waals surface area (Å²) in [5, 5.41) is 0. The first-order valence-electron chi connectivity index (χ1n) is 3.05. The molecule has 0 amide bonds. The maximum Gasteiger partial charge on any atom is 0.110 e. The van der Waals surface area contributed by atoms with Crippen LogP contribution < -0.4 is 5.73 Å². The second kappa shape index (κ2) is 2.27. The van der Waals surface area contributed by atoms with E-state index in [1.165, 1.54) is 0 Å². The highest BCUT2D eigenvalue weighted by Crippen LogP contribution is 2.13. The van der Waals surface area contributed by atoms with Gasteiger partial charge >= 0.3 is 0 Å². The highest BCUT2D eigenvalue weighted by atomic mass is 15.0. The Bertz CT molecular complexity index is 136. The van der Waals surface area contributed by atoms with Gasteiger partial charge in [0.1, 0.15) is 6.34 Å². The van der Waals surface area contributed by atoms with Gasteiger partial charge in [-0.1, -0.05) is 0 Å². The van der Waals surface area contributed by atoms with E-state index in [4.69, 9.17) is 5.73 Å². The topological polar surface area (TPSA) is 50.7 Å². The Morgan fingerprint density at radius 2 is 2.44 bits per heavy atom. The Kier molecular flexibility index (Phi) is 1.62. The minimum Gasteiger partial charge on any atom is -0.330 e. The molecule has 0 saturated carbocycles. The zero-order valence-corrected chi connectivity index (χ0v) is 5.54. The van der Waals surface area contributed by atoms with Crippen molar-refractivity contribution in [3.63, 3.8) is 0 Å². The molecule has 0 aliphatic carbocycles. The van der Waals surface area contributed by atoms with E-state index in [2.05, 4.69) is 9.98 Å². The first-order valence-corrected chi connectivity index (χ1v) is 3.05. The first kappa shape index (κ1) is 6.42. The monoisotopic (exact) mass is 125 g/mol. The number of hydrogen-bond donors (Lipinski definition) is 1. The van der Waals surface area contributed by atoms with E-state index in [1.807, 2.05) is 13.1 Å². The number of rotatable bonds is 2.